The van der Waals surface area contributed by atoms with Gasteiger partial charge in [-0.2, -0.15) is 0 Å². The highest BCUT2D eigenvalue weighted by Gasteiger charge is 2.07. The molecule has 0 aliphatic rings. The molecule has 0 unspecified atom stereocenters. The van der Waals surface area contributed by atoms with Gasteiger partial charge in [0.1, 0.15) is 12.4 Å². The summed E-state index contributed by atoms with van der Waals surface area (Å²) in [5.41, 5.74) is 2.56. The number of aryl methyl sites for hydroxylation is 1. The highest BCUT2D eigenvalue weighted by atomic mass is 16.4. The quantitative estimate of drug-likeness (QED) is 0.727. The summed E-state index contributed by atoms with van der Waals surface area (Å²) in [6.45, 7) is 0.481. The Balaban J connectivity index is 1.72. The first kappa shape index (κ1) is 12.3. The second-order valence-electron chi connectivity index (χ2n) is 4.50. The first-order valence-electron chi connectivity index (χ1n) is 6.25. The summed E-state index contributed by atoms with van der Waals surface area (Å²) in [6.07, 6.45) is 2.19. The Hall–Kier alpha value is -2.70. The zero-order valence-corrected chi connectivity index (χ0v) is 10.7. The molecule has 0 aliphatic carbocycles. The number of hydrogen-bond donors (Lipinski definition) is 2. The number of fused-ring (bicyclic) bond motifs is 1. The predicted octanol–water partition coefficient (Wildman–Crippen LogP) is 1.22. The number of para-hydroxylation sites is 2. The van der Waals surface area contributed by atoms with Crippen molar-refractivity contribution in [1.82, 2.24) is 25.0 Å². The van der Waals surface area contributed by atoms with Crippen molar-refractivity contribution in [1.29, 1.82) is 0 Å². The summed E-state index contributed by atoms with van der Waals surface area (Å²) in [6, 6.07) is 7.79. The van der Waals surface area contributed by atoms with Crippen molar-refractivity contribution in [3.05, 3.63) is 42.0 Å². The number of rotatable bonds is 5. The molecule has 0 saturated heterocycles. The number of aliphatic carboxylic acids is 1. The van der Waals surface area contributed by atoms with Crippen molar-refractivity contribution < 1.29 is 9.90 Å². The molecule has 7 nitrogen and oxygen atoms in total. The first-order valence-corrected chi connectivity index (χ1v) is 6.25. The van der Waals surface area contributed by atoms with E-state index >= 15 is 0 Å². The van der Waals surface area contributed by atoms with E-state index in [2.05, 4.69) is 20.3 Å². The van der Waals surface area contributed by atoms with Gasteiger partial charge in [-0.05, 0) is 12.1 Å². The lowest BCUT2D eigenvalue weighted by Crippen LogP contribution is -2.02. The highest BCUT2D eigenvalue weighted by molar-refractivity contribution is 5.74. The third-order valence-corrected chi connectivity index (χ3v) is 2.93. The van der Waals surface area contributed by atoms with Crippen molar-refractivity contribution in [3.8, 4) is 0 Å². The fraction of sp³-hybridized carbons (Fsp3) is 0.231. The van der Waals surface area contributed by atoms with Crippen LogP contribution in [0.25, 0.3) is 11.0 Å². The summed E-state index contributed by atoms with van der Waals surface area (Å²) >= 11 is 0. The van der Waals surface area contributed by atoms with Crippen molar-refractivity contribution in [2.24, 2.45) is 0 Å². The van der Waals surface area contributed by atoms with Crippen LogP contribution in [0.5, 0.6) is 0 Å². The van der Waals surface area contributed by atoms with Crippen LogP contribution in [0.4, 0.5) is 0 Å². The van der Waals surface area contributed by atoms with Gasteiger partial charge in [-0.25, -0.2) is 9.67 Å². The Morgan fingerprint density at radius 2 is 2.20 bits per heavy atom. The minimum Gasteiger partial charge on any atom is -0.481 e. The summed E-state index contributed by atoms with van der Waals surface area (Å²) in [5, 5.41) is 16.5. The predicted molar refractivity (Wildman–Crippen MR) is 71.2 cm³/mol. The molecule has 3 rings (SSSR count). The minimum absolute atomic E-state index is 0.0589. The number of aromatic amines is 1. The second-order valence-corrected chi connectivity index (χ2v) is 4.50. The fourth-order valence-corrected chi connectivity index (χ4v) is 2.00. The third-order valence-electron chi connectivity index (χ3n) is 2.93. The molecular formula is C13H13N5O2. The number of aromatic nitrogens is 5. The van der Waals surface area contributed by atoms with Gasteiger partial charge >= 0.3 is 5.97 Å². The van der Waals surface area contributed by atoms with Gasteiger partial charge in [0.25, 0.3) is 0 Å². The number of nitrogens with one attached hydrogen (secondary N) is 1. The lowest BCUT2D eigenvalue weighted by Gasteiger charge is -1.94. The molecule has 1 aromatic carbocycles. The summed E-state index contributed by atoms with van der Waals surface area (Å²) in [7, 11) is 0. The van der Waals surface area contributed by atoms with Gasteiger partial charge in [0.2, 0.25) is 0 Å². The third kappa shape index (κ3) is 2.66. The number of benzene rings is 1. The average Bonchev–Trinajstić information content (AvgIpc) is 3.02. The first-order chi connectivity index (χ1) is 9.70. The van der Waals surface area contributed by atoms with E-state index in [1.165, 1.54) is 0 Å². The lowest BCUT2D eigenvalue weighted by molar-refractivity contribution is -0.136. The molecule has 20 heavy (non-hydrogen) atoms. The second kappa shape index (κ2) is 5.12. The molecule has 0 amide bonds. The molecule has 0 saturated carbocycles. The molecule has 3 aromatic rings. The molecule has 102 valence electrons. The molecule has 7 heteroatoms. The van der Waals surface area contributed by atoms with E-state index in [0.29, 0.717) is 18.7 Å². The van der Waals surface area contributed by atoms with E-state index in [-0.39, 0.29) is 6.42 Å². The average molecular weight is 271 g/mol. The summed E-state index contributed by atoms with van der Waals surface area (Å²) < 4.78 is 1.65. The zero-order valence-electron chi connectivity index (χ0n) is 10.7. The minimum atomic E-state index is -0.836. The molecule has 0 spiro atoms. The summed E-state index contributed by atoms with van der Waals surface area (Å²) in [4.78, 5) is 18.2. The number of carboxylic acid groups (broad SMARTS) is 1. The monoisotopic (exact) mass is 271 g/mol. The number of hydrogen-bond acceptors (Lipinski definition) is 4. The molecule has 2 N–H and O–H groups in total. The molecule has 0 atom stereocenters. The van der Waals surface area contributed by atoms with E-state index < -0.39 is 5.97 Å². The Labute approximate surface area is 114 Å². The van der Waals surface area contributed by atoms with E-state index in [9.17, 15) is 4.79 Å². The van der Waals surface area contributed by atoms with Crippen LogP contribution in [0.2, 0.25) is 0 Å². The van der Waals surface area contributed by atoms with Gasteiger partial charge in [-0.3, -0.25) is 4.79 Å². The van der Waals surface area contributed by atoms with Gasteiger partial charge in [-0.15, -0.1) is 5.10 Å². The Kier molecular flexibility index (Phi) is 3.16. The fourth-order valence-electron chi connectivity index (χ4n) is 2.00. The maximum absolute atomic E-state index is 10.5. The van der Waals surface area contributed by atoms with Crippen LogP contribution in [-0.2, 0) is 17.8 Å². The largest absolute Gasteiger partial charge is 0.481 e. The molecule has 0 fully saturated rings. The van der Waals surface area contributed by atoms with Crippen LogP contribution in [0.15, 0.2) is 30.5 Å². The van der Waals surface area contributed by atoms with Crippen LogP contribution in [0.1, 0.15) is 17.9 Å². The van der Waals surface area contributed by atoms with Crippen LogP contribution in [-0.4, -0.2) is 36.0 Å². The van der Waals surface area contributed by atoms with Gasteiger partial charge in [-0.1, -0.05) is 17.3 Å². The highest BCUT2D eigenvalue weighted by Crippen LogP contribution is 2.11. The van der Waals surface area contributed by atoms with Gasteiger partial charge < -0.3 is 10.1 Å². The van der Waals surface area contributed by atoms with Crippen LogP contribution < -0.4 is 0 Å². The Morgan fingerprint density at radius 1 is 1.35 bits per heavy atom. The SMILES string of the molecule is O=C(O)CCc1cn(Cc2nc3ccccc3[nH]2)nn1. The van der Waals surface area contributed by atoms with Crippen molar-refractivity contribution in [3.63, 3.8) is 0 Å². The molecule has 0 radical (unpaired) electrons. The van der Waals surface area contributed by atoms with Gasteiger partial charge in [0, 0.05) is 12.6 Å². The smallest absolute Gasteiger partial charge is 0.303 e. The molecule has 2 aromatic heterocycles. The van der Waals surface area contributed by atoms with Crippen LogP contribution >= 0.6 is 0 Å². The number of carboxylic acids is 1. The number of H-pyrrole nitrogens is 1. The summed E-state index contributed by atoms with van der Waals surface area (Å²) in [5.74, 6) is -0.0438. The van der Waals surface area contributed by atoms with Crippen LogP contribution in [0, 0.1) is 0 Å². The molecule has 0 bridgehead atoms. The normalized spacial score (nSPS) is 11.0. The molecule has 0 aliphatic heterocycles. The molecule has 2 heterocycles. The molecular weight excluding hydrogens is 258 g/mol. The van der Waals surface area contributed by atoms with Gasteiger partial charge in [0.05, 0.1) is 23.1 Å². The van der Waals surface area contributed by atoms with Crippen molar-refractivity contribution >= 4 is 17.0 Å². The van der Waals surface area contributed by atoms with E-state index in [0.717, 1.165) is 16.9 Å². The zero-order chi connectivity index (χ0) is 13.9. The van der Waals surface area contributed by atoms with Gasteiger partial charge in [0.15, 0.2) is 0 Å². The van der Waals surface area contributed by atoms with E-state index in [1.54, 1.807) is 10.9 Å². The van der Waals surface area contributed by atoms with E-state index in [4.69, 9.17) is 5.11 Å². The number of imidazole rings is 1. The van der Waals surface area contributed by atoms with Crippen molar-refractivity contribution in [2.75, 3.05) is 0 Å². The Bertz CT molecular complexity index is 713. The Morgan fingerprint density at radius 3 is 3.00 bits per heavy atom. The van der Waals surface area contributed by atoms with E-state index in [1.807, 2.05) is 24.3 Å². The lowest BCUT2D eigenvalue weighted by atomic mass is 10.2. The topological polar surface area (TPSA) is 96.7 Å². The number of nitrogens with zero attached hydrogens (tertiary/aromatic N) is 4. The maximum atomic E-state index is 10.5. The maximum Gasteiger partial charge on any atom is 0.303 e. The number of carbonyl (C=O) groups is 1. The van der Waals surface area contributed by atoms with Crippen molar-refractivity contribution in [2.45, 2.75) is 19.4 Å². The standard InChI is InChI=1S/C13H13N5O2/c19-13(20)6-5-9-7-18(17-16-9)8-12-14-10-3-1-2-4-11(10)15-12/h1-4,7H,5-6,8H2,(H,14,15)(H,19,20). The van der Waals surface area contributed by atoms with Crippen LogP contribution in [0.3, 0.4) is 0 Å².